The van der Waals surface area contributed by atoms with Crippen LogP contribution in [0.15, 0.2) is 30.3 Å². The van der Waals surface area contributed by atoms with Crippen molar-refractivity contribution in [1.29, 1.82) is 0 Å². The van der Waals surface area contributed by atoms with Crippen molar-refractivity contribution in [3.8, 4) is 11.1 Å². The molecule has 0 aliphatic rings. The lowest BCUT2D eigenvalue weighted by Gasteiger charge is -2.09. The van der Waals surface area contributed by atoms with Crippen molar-refractivity contribution in [3.05, 3.63) is 36.0 Å². The van der Waals surface area contributed by atoms with E-state index in [1.54, 1.807) is 31.3 Å². The van der Waals surface area contributed by atoms with Gasteiger partial charge in [-0.15, -0.1) is 0 Å². The van der Waals surface area contributed by atoms with E-state index in [1.807, 2.05) is 6.07 Å². The molecule has 5 heteroatoms. The van der Waals surface area contributed by atoms with Crippen LogP contribution in [0.2, 0.25) is 0 Å². The highest BCUT2D eigenvalue weighted by Crippen LogP contribution is 2.37. The molecule has 0 aliphatic carbocycles. The van der Waals surface area contributed by atoms with E-state index in [9.17, 15) is 8.78 Å². The number of aryl methyl sites for hydroxylation is 1. The van der Waals surface area contributed by atoms with E-state index >= 15 is 0 Å². The third kappa shape index (κ3) is 2.00. The average molecular weight is 237 g/mol. The minimum Gasteiger partial charge on any atom is -0.383 e. The molecule has 0 saturated heterocycles. The van der Waals surface area contributed by atoms with Crippen molar-refractivity contribution in [1.82, 2.24) is 9.78 Å². The molecule has 1 aromatic heterocycles. The van der Waals surface area contributed by atoms with Crippen molar-refractivity contribution in [3.63, 3.8) is 0 Å². The number of nitrogen functional groups attached to an aromatic ring is 1. The molecular formula is C12H13F2N3. The molecule has 0 unspecified atom stereocenters. The summed E-state index contributed by atoms with van der Waals surface area (Å²) in [5.74, 6) is -2.77. The van der Waals surface area contributed by atoms with E-state index in [0.29, 0.717) is 11.1 Å². The summed E-state index contributed by atoms with van der Waals surface area (Å²) < 4.78 is 28.2. The van der Waals surface area contributed by atoms with Gasteiger partial charge in [0.25, 0.3) is 5.92 Å². The van der Waals surface area contributed by atoms with E-state index in [2.05, 4.69) is 5.10 Å². The van der Waals surface area contributed by atoms with Crippen molar-refractivity contribution in [2.75, 3.05) is 5.73 Å². The molecule has 0 bridgehead atoms. The molecule has 0 amide bonds. The van der Waals surface area contributed by atoms with E-state index in [-0.39, 0.29) is 11.5 Å². The van der Waals surface area contributed by atoms with Gasteiger partial charge in [-0.3, -0.25) is 4.68 Å². The summed E-state index contributed by atoms with van der Waals surface area (Å²) in [4.78, 5) is 0. The third-order valence-electron chi connectivity index (χ3n) is 2.57. The van der Waals surface area contributed by atoms with Gasteiger partial charge in [0.05, 0.1) is 5.56 Å². The quantitative estimate of drug-likeness (QED) is 0.872. The van der Waals surface area contributed by atoms with Crippen molar-refractivity contribution >= 4 is 5.82 Å². The number of aromatic nitrogens is 2. The number of anilines is 1. The standard InChI is InChI=1S/C12H13F2N3/c1-12(13,14)10-9(11(15)17(2)16-10)8-6-4-3-5-7-8/h3-7H,15H2,1-2H3. The normalized spacial score (nSPS) is 11.8. The van der Waals surface area contributed by atoms with Crippen LogP contribution >= 0.6 is 0 Å². The fourth-order valence-electron chi connectivity index (χ4n) is 1.73. The summed E-state index contributed by atoms with van der Waals surface area (Å²) in [6.07, 6.45) is 0. The summed E-state index contributed by atoms with van der Waals surface area (Å²) in [5, 5.41) is 3.80. The van der Waals surface area contributed by atoms with Gasteiger partial charge >= 0.3 is 0 Å². The molecule has 0 atom stereocenters. The molecule has 0 aliphatic heterocycles. The zero-order chi connectivity index (χ0) is 12.6. The van der Waals surface area contributed by atoms with Gasteiger partial charge in [0, 0.05) is 14.0 Å². The lowest BCUT2D eigenvalue weighted by atomic mass is 10.0. The van der Waals surface area contributed by atoms with Gasteiger partial charge in [-0.25, -0.2) is 0 Å². The Hall–Kier alpha value is -1.91. The maximum absolute atomic E-state index is 13.5. The van der Waals surface area contributed by atoms with Gasteiger partial charge < -0.3 is 5.73 Å². The van der Waals surface area contributed by atoms with Crippen LogP contribution in [-0.2, 0) is 13.0 Å². The number of hydrogen-bond acceptors (Lipinski definition) is 2. The number of halogens is 2. The molecule has 2 rings (SSSR count). The monoisotopic (exact) mass is 237 g/mol. The topological polar surface area (TPSA) is 43.8 Å². The smallest absolute Gasteiger partial charge is 0.289 e. The number of nitrogens with two attached hydrogens (primary N) is 1. The van der Waals surface area contributed by atoms with Crippen LogP contribution in [0.3, 0.4) is 0 Å². The molecule has 3 nitrogen and oxygen atoms in total. The van der Waals surface area contributed by atoms with Crippen LogP contribution in [-0.4, -0.2) is 9.78 Å². The predicted molar refractivity (Wildman–Crippen MR) is 62.6 cm³/mol. The summed E-state index contributed by atoms with van der Waals surface area (Å²) in [6, 6.07) is 8.85. The molecule has 2 aromatic rings. The Bertz CT molecular complexity index is 527. The van der Waals surface area contributed by atoms with Crippen molar-refractivity contribution in [2.24, 2.45) is 7.05 Å². The Morgan fingerprint density at radius 1 is 1.24 bits per heavy atom. The van der Waals surface area contributed by atoms with Gasteiger partial charge in [0.2, 0.25) is 0 Å². The van der Waals surface area contributed by atoms with Gasteiger partial charge in [-0.1, -0.05) is 30.3 Å². The highest BCUT2D eigenvalue weighted by atomic mass is 19.3. The Morgan fingerprint density at radius 2 is 1.82 bits per heavy atom. The fourth-order valence-corrected chi connectivity index (χ4v) is 1.73. The number of benzene rings is 1. The summed E-state index contributed by atoms with van der Waals surface area (Å²) in [6.45, 7) is 0.821. The molecule has 90 valence electrons. The molecule has 0 fully saturated rings. The minimum absolute atomic E-state index is 0.243. The van der Waals surface area contributed by atoms with Crippen LogP contribution in [0.5, 0.6) is 0 Å². The van der Waals surface area contributed by atoms with Gasteiger partial charge in [0.1, 0.15) is 11.5 Å². The highest BCUT2D eigenvalue weighted by Gasteiger charge is 2.33. The summed E-state index contributed by atoms with van der Waals surface area (Å²) in [7, 11) is 1.55. The lowest BCUT2D eigenvalue weighted by Crippen LogP contribution is -2.10. The average Bonchev–Trinajstić information content (AvgIpc) is 2.57. The van der Waals surface area contributed by atoms with Crippen molar-refractivity contribution < 1.29 is 8.78 Å². The first-order valence-corrected chi connectivity index (χ1v) is 5.17. The first-order chi connectivity index (χ1) is 7.91. The van der Waals surface area contributed by atoms with Gasteiger partial charge in [0.15, 0.2) is 0 Å². The van der Waals surface area contributed by atoms with Crippen molar-refractivity contribution in [2.45, 2.75) is 12.8 Å². The van der Waals surface area contributed by atoms with Crippen LogP contribution in [0.25, 0.3) is 11.1 Å². The van der Waals surface area contributed by atoms with Crippen LogP contribution < -0.4 is 5.73 Å². The second-order valence-electron chi connectivity index (χ2n) is 3.99. The van der Waals surface area contributed by atoms with E-state index in [0.717, 1.165) is 6.92 Å². The molecular weight excluding hydrogens is 224 g/mol. The fraction of sp³-hybridized carbons (Fsp3) is 0.250. The maximum atomic E-state index is 13.5. The molecule has 0 radical (unpaired) electrons. The third-order valence-corrected chi connectivity index (χ3v) is 2.57. The maximum Gasteiger partial charge on any atom is 0.289 e. The first-order valence-electron chi connectivity index (χ1n) is 5.17. The zero-order valence-corrected chi connectivity index (χ0v) is 9.61. The largest absolute Gasteiger partial charge is 0.383 e. The Labute approximate surface area is 97.9 Å². The highest BCUT2D eigenvalue weighted by molar-refractivity contribution is 5.77. The van der Waals surface area contributed by atoms with Gasteiger partial charge in [-0.2, -0.15) is 13.9 Å². The molecule has 17 heavy (non-hydrogen) atoms. The number of rotatable bonds is 2. The number of nitrogens with zero attached hydrogens (tertiary/aromatic N) is 2. The molecule has 0 saturated carbocycles. The van der Waals surface area contributed by atoms with Crippen LogP contribution in [0.1, 0.15) is 12.6 Å². The zero-order valence-electron chi connectivity index (χ0n) is 9.61. The molecule has 2 N–H and O–H groups in total. The van der Waals surface area contributed by atoms with Gasteiger partial charge in [-0.05, 0) is 5.56 Å². The molecule has 1 heterocycles. The number of hydrogen-bond donors (Lipinski definition) is 1. The lowest BCUT2D eigenvalue weighted by molar-refractivity contribution is 0.0128. The first kappa shape index (κ1) is 11.6. The van der Waals surface area contributed by atoms with Crippen LogP contribution in [0, 0.1) is 0 Å². The van der Waals surface area contributed by atoms with E-state index in [1.165, 1.54) is 4.68 Å². The second-order valence-corrected chi connectivity index (χ2v) is 3.99. The van der Waals surface area contributed by atoms with E-state index < -0.39 is 5.92 Å². The SMILES string of the molecule is Cn1nc(C(C)(F)F)c(-c2ccccc2)c1N. The summed E-state index contributed by atoms with van der Waals surface area (Å²) >= 11 is 0. The molecule has 1 aromatic carbocycles. The minimum atomic E-state index is -3.01. The van der Waals surface area contributed by atoms with E-state index in [4.69, 9.17) is 5.73 Å². The number of alkyl halides is 2. The van der Waals surface area contributed by atoms with Crippen LogP contribution in [0.4, 0.5) is 14.6 Å². The Morgan fingerprint density at radius 3 is 2.35 bits per heavy atom. The molecule has 0 spiro atoms. The second kappa shape index (κ2) is 3.84. The Kier molecular flexibility index (Phi) is 2.61. The predicted octanol–water partition coefficient (Wildman–Crippen LogP) is 2.78. The Balaban J connectivity index is 2.69. The summed E-state index contributed by atoms with van der Waals surface area (Å²) in [5.41, 5.74) is 6.46.